The van der Waals surface area contributed by atoms with Crippen molar-refractivity contribution in [1.29, 1.82) is 0 Å². The fourth-order valence-electron chi connectivity index (χ4n) is 1.01. The van der Waals surface area contributed by atoms with Crippen molar-refractivity contribution in [1.82, 2.24) is 0 Å². The highest BCUT2D eigenvalue weighted by Crippen LogP contribution is 2.22. The molecule has 0 saturated carbocycles. The van der Waals surface area contributed by atoms with Gasteiger partial charge in [0.25, 0.3) is 0 Å². The Morgan fingerprint density at radius 3 is 2.15 bits per heavy atom. The van der Waals surface area contributed by atoms with Gasteiger partial charge in [0.05, 0.1) is 6.61 Å². The van der Waals surface area contributed by atoms with Gasteiger partial charge in [-0.25, -0.2) is 0 Å². The lowest BCUT2D eigenvalue weighted by Gasteiger charge is -2.20. The van der Waals surface area contributed by atoms with Crippen LogP contribution in [-0.4, -0.2) is 24.6 Å². The van der Waals surface area contributed by atoms with Gasteiger partial charge in [-0.1, -0.05) is 6.92 Å². The van der Waals surface area contributed by atoms with Crippen molar-refractivity contribution in [2.45, 2.75) is 27.2 Å². The highest BCUT2D eigenvalue weighted by atomic mass is 16.5. The van der Waals surface area contributed by atoms with Crippen LogP contribution in [0.15, 0.2) is 0 Å². The number of Topliss-reactive ketones (excluding diaryl/α,β-unsaturated/α-hetero) is 1. The monoisotopic (exact) mass is 186 g/mol. The fourth-order valence-corrected chi connectivity index (χ4v) is 1.01. The van der Waals surface area contributed by atoms with Gasteiger partial charge in [-0.05, 0) is 20.3 Å². The molecule has 1 unspecified atom stereocenters. The van der Waals surface area contributed by atoms with Crippen LogP contribution in [0, 0.1) is 5.41 Å². The van der Waals surface area contributed by atoms with Gasteiger partial charge < -0.3 is 9.53 Å². The number of ketones is 1. The van der Waals surface area contributed by atoms with Crippen LogP contribution in [0.1, 0.15) is 27.2 Å². The van der Waals surface area contributed by atoms with Gasteiger partial charge in [0.1, 0.15) is 6.29 Å². The van der Waals surface area contributed by atoms with Gasteiger partial charge in [-0.3, -0.25) is 9.59 Å². The molecule has 0 aromatic heterocycles. The van der Waals surface area contributed by atoms with Crippen LogP contribution < -0.4 is 0 Å². The van der Waals surface area contributed by atoms with Crippen LogP contribution in [0.25, 0.3) is 0 Å². The minimum Gasteiger partial charge on any atom is -0.465 e. The Morgan fingerprint density at radius 1 is 1.38 bits per heavy atom. The third-order valence-corrected chi connectivity index (χ3v) is 2.03. The van der Waals surface area contributed by atoms with E-state index in [0.29, 0.717) is 6.29 Å². The van der Waals surface area contributed by atoms with Gasteiger partial charge in [-0.15, -0.1) is 0 Å². The number of aldehydes is 1. The first-order valence-electron chi connectivity index (χ1n) is 4.19. The molecule has 74 valence electrons. The van der Waals surface area contributed by atoms with E-state index < -0.39 is 17.2 Å². The second-order valence-corrected chi connectivity index (χ2v) is 2.72. The molecule has 0 N–H and O–H groups in total. The summed E-state index contributed by atoms with van der Waals surface area (Å²) in [5.74, 6) is -1.22. The first-order chi connectivity index (χ1) is 6.05. The van der Waals surface area contributed by atoms with Crippen LogP contribution in [0.4, 0.5) is 0 Å². The summed E-state index contributed by atoms with van der Waals surface area (Å²) in [6.45, 7) is 4.62. The quantitative estimate of drug-likeness (QED) is 0.361. The molecule has 0 bridgehead atoms. The van der Waals surface area contributed by atoms with E-state index in [1.807, 2.05) is 0 Å². The second kappa shape index (κ2) is 4.74. The molecule has 4 nitrogen and oxygen atoms in total. The van der Waals surface area contributed by atoms with Crippen LogP contribution >= 0.6 is 0 Å². The molecule has 0 saturated heterocycles. The molecule has 0 aliphatic heterocycles. The molecule has 0 aliphatic rings. The Hall–Kier alpha value is -1.19. The highest BCUT2D eigenvalue weighted by molar-refractivity contribution is 6.15. The maximum atomic E-state index is 11.3. The van der Waals surface area contributed by atoms with E-state index >= 15 is 0 Å². The van der Waals surface area contributed by atoms with Crippen molar-refractivity contribution in [3.63, 3.8) is 0 Å². The summed E-state index contributed by atoms with van der Waals surface area (Å²) < 4.78 is 4.66. The Balaban J connectivity index is 4.86. The summed E-state index contributed by atoms with van der Waals surface area (Å²) in [5, 5.41) is 0. The standard InChI is InChI=1S/C9H14O4/c1-4-9(6-10,7(3)11)8(12)13-5-2/h6H,4-5H2,1-3H3. The molecule has 0 heterocycles. The zero-order valence-electron chi connectivity index (χ0n) is 8.12. The lowest BCUT2D eigenvalue weighted by molar-refractivity contribution is -0.160. The predicted molar refractivity (Wildman–Crippen MR) is 46.1 cm³/mol. The summed E-state index contributed by atoms with van der Waals surface area (Å²) in [7, 11) is 0. The zero-order valence-corrected chi connectivity index (χ0v) is 8.12. The van der Waals surface area contributed by atoms with Crippen molar-refractivity contribution in [2.75, 3.05) is 6.61 Å². The summed E-state index contributed by atoms with van der Waals surface area (Å²) in [4.78, 5) is 33.1. The van der Waals surface area contributed by atoms with E-state index in [1.165, 1.54) is 6.92 Å². The Labute approximate surface area is 77.3 Å². The van der Waals surface area contributed by atoms with Crippen molar-refractivity contribution >= 4 is 18.0 Å². The van der Waals surface area contributed by atoms with Gasteiger partial charge in [0.15, 0.2) is 11.2 Å². The third-order valence-electron chi connectivity index (χ3n) is 2.03. The van der Waals surface area contributed by atoms with Crippen molar-refractivity contribution in [3.05, 3.63) is 0 Å². The first-order valence-corrected chi connectivity index (χ1v) is 4.19. The molecule has 13 heavy (non-hydrogen) atoms. The number of esters is 1. The van der Waals surface area contributed by atoms with Gasteiger partial charge >= 0.3 is 5.97 Å². The molecule has 0 radical (unpaired) electrons. The van der Waals surface area contributed by atoms with E-state index in [4.69, 9.17) is 0 Å². The molecular formula is C9H14O4. The van der Waals surface area contributed by atoms with Crippen molar-refractivity contribution < 1.29 is 19.1 Å². The summed E-state index contributed by atoms with van der Waals surface area (Å²) in [6.07, 6.45) is 0.512. The number of ether oxygens (including phenoxy) is 1. The molecule has 0 spiro atoms. The number of hydrogen-bond acceptors (Lipinski definition) is 4. The molecule has 0 amide bonds. The number of hydrogen-bond donors (Lipinski definition) is 0. The zero-order chi connectivity index (χ0) is 10.5. The summed E-state index contributed by atoms with van der Waals surface area (Å²) in [5.41, 5.74) is -1.59. The van der Waals surface area contributed by atoms with Crippen LogP contribution in [0.5, 0.6) is 0 Å². The normalized spacial score (nSPS) is 14.4. The van der Waals surface area contributed by atoms with Crippen LogP contribution in [0.3, 0.4) is 0 Å². The summed E-state index contributed by atoms with van der Waals surface area (Å²) in [6, 6.07) is 0. The summed E-state index contributed by atoms with van der Waals surface area (Å²) >= 11 is 0. The van der Waals surface area contributed by atoms with E-state index in [0.717, 1.165) is 0 Å². The minimum absolute atomic E-state index is 0.144. The third kappa shape index (κ3) is 2.14. The molecule has 0 aromatic carbocycles. The molecule has 0 aromatic rings. The Bertz CT molecular complexity index is 222. The van der Waals surface area contributed by atoms with Crippen LogP contribution in [-0.2, 0) is 19.1 Å². The molecule has 0 rings (SSSR count). The Morgan fingerprint density at radius 2 is 1.92 bits per heavy atom. The average molecular weight is 186 g/mol. The van der Waals surface area contributed by atoms with Crippen molar-refractivity contribution in [3.8, 4) is 0 Å². The lowest BCUT2D eigenvalue weighted by atomic mass is 9.83. The molecule has 4 heteroatoms. The number of rotatable bonds is 5. The maximum Gasteiger partial charge on any atom is 0.326 e. The van der Waals surface area contributed by atoms with Crippen molar-refractivity contribution in [2.24, 2.45) is 5.41 Å². The largest absolute Gasteiger partial charge is 0.465 e. The number of carbonyl (C=O) groups excluding carboxylic acids is 3. The highest BCUT2D eigenvalue weighted by Gasteiger charge is 2.43. The van der Waals surface area contributed by atoms with Crippen LogP contribution in [0.2, 0.25) is 0 Å². The predicted octanol–water partition coefficient (Wildman–Crippen LogP) is 0.734. The SMILES string of the molecule is CCOC(=O)C(C=O)(CC)C(C)=O. The average Bonchev–Trinajstić information content (AvgIpc) is 2.07. The van der Waals surface area contributed by atoms with E-state index in [1.54, 1.807) is 13.8 Å². The topological polar surface area (TPSA) is 60.4 Å². The minimum atomic E-state index is -1.59. The van der Waals surface area contributed by atoms with E-state index in [-0.39, 0.29) is 13.0 Å². The van der Waals surface area contributed by atoms with E-state index in [9.17, 15) is 14.4 Å². The van der Waals surface area contributed by atoms with E-state index in [2.05, 4.69) is 4.74 Å². The molecule has 1 atom stereocenters. The number of carbonyl (C=O) groups is 3. The Kier molecular flexibility index (Phi) is 4.31. The molecule has 0 fully saturated rings. The van der Waals surface area contributed by atoms with Gasteiger partial charge in [-0.2, -0.15) is 0 Å². The lowest BCUT2D eigenvalue weighted by Crippen LogP contribution is -2.40. The first kappa shape index (κ1) is 11.8. The van der Waals surface area contributed by atoms with Gasteiger partial charge in [0, 0.05) is 0 Å². The molecule has 0 aliphatic carbocycles. The maximum absolute atomic E-state index is 11.3. The second-order valence-electron chi connectivity index (χ2n) is 2.72. The fraction of sp³-hybridized carbons (Fsp3) is 0.667. The molecular weight excluding hydrogens is 172 g/mol. The van der Waals surface area contributed by atoms with Gasteiger partial charge in [0.2, 0.25) is 0 Å². The smallest absolute Gasteiger partial charge is 0.326 e.